The van der Waals surface area contributed by atoms with Gasteiger partial charge in [0.1, 0.15) is 0 Å². The van der Waals surface area contributed by atoms with E-state index in [1.165, 1.54) is 0 Å². The van der Waals surface area contributed by atoms with E-state index in [1.807, 2.05) is 61.0 Å². The highest BCUT2D eigenvalue weighted by atomic mass is 79.9. The molecule has 0 bridgehead atoms. The summed E-state index contributed by atoms with van der Waals surface area (Å²) in [5.41, 5.74) is 7.23. The molecule has 25 heavy (non-hydrogen) atoms. The predicted molar refractivity (Wildman–Crippen MR) is 102 cm³/mol. The summed E-state index contributed by atoms with van der Waals surface area (Å²) in [4.78, 5) is 11.7. The first kappa shape index (κ1) is 18.1. The van der Waals surface area contributed by atoms with E-state index in [2.05, 4.69) is 21.2 Å². The van der Waals surface area contributed by atoms with E-state index in [0.717, 1.165) is 15.6 Å². The fourth-order valence-corrected chi connectivity index (χ4v) is 3.64. The fraction of sp³-hybridized carbons (Fsp3) is 0.300. The van der Waals surface area contributed by atoms with Crippen molar-refractivity contribution >= 4 is 21.8 Å². The molecule has 4 nitrogen and oxygen atoms in total. The molecule has 0 aliphatic heterocycles. The van der Waals surface area contributed by atoms with E-state index in [-0.39, 0.29) is 11.8 Å². The second-order valence-electron chi connectivity index (χ2n) is 6.51. The molecule has 1 fully saturated rings. The summed E-state index contributed by atoms with van der Waals surface area (Å²) in [6, 6.07) is 17.9. The smallest absolute Gasteiger partial charge is 0.222 e. The number of halogens is 1. The van der Waals surface area contributed by atoms with Gasteiger partial charge < -0.3 is 16.2 Å². The lowest BCUT2D eigenvalue weighted by atomic mass is 10.0. The van der Waals surface area contributed by atoms with Gasteiger partial charge in [0.2, 0.25) is 5.91 Å². The lowest BCUT2D eigenvalue weighted by Crippen LogP contribution is -2.39. The van der Waals surface area contributed by atoms with Crippen LogP contribution in [-0.4, -0.2) is 23.7 Å². The Morgan fingerprint density at radius 2 is 2.08 bits per heavy atom. The van der Waals surface area contributed by atoms with Crippen molar-refractivity contribution in [2.75, 3.05) is 6.54 Å². The predicted octanol–water partition coefficient (Wildman–Crippen LogP) is 2.55. The number of primary amides is 1. The third-order valence-electron chi connectivity index (χ3n) is 4.74. The zero-order valence-corrected chi connectivity index (χ0v) is 15.4. The lowest BCUT2D eigenvalue weighted by molar-refractivity contribution is -0.119. The van der Waals surface area contributed by atoms with Crippen LogP contribution in [0.1, 0.15) is 17.5 Å². The minimum Gasteiger partial charge on any atom is -0.391 e. The normalized spacial score (nSPS) is 23.2. The summed E-state index contributed by atoms with van der Waals surface area (Å²) in [6.07, 6.45) is 2.63. The molecule has 5 heteroatoms. The van der Waals surface area contributed by atoms with Gasteiger partial charge in [-0.25, -0.2) is 0 Å². The van der Waals surface area contributed by atoms with Crippen LogP contribution in [0.5, 0.6) is 0 Å². The van der Waals surface area contributed by atoms with Gasteiger partial charge in [-0.05, 0) is 42.5 Å². The first-order chi connectivity index (χ1) is 12.0. The van der Waals surface area contributed by atoms with Crippen LogP contribution in [0.4, 0.5) is 0 Å². The Labute approximate surface area is 156 Å². The molecule has 1 amide bonds. The van der Waals surface area contributed by atoms with Crippen LogP contribution in [0.3, 0.4) is 0 Å². The van der Waals surface area contributed by atoms with Gasteiger partial charge in [0.15, 0.2) is 0 Å². The second-order valence-corrected chi connectivity index (χ2v) is 7.43. The highest BCUT2D eigenvalue weighted by Crippen LogP contribution is 2.52. The van der Waals surface area contributed by atoms with Gasteiger partial charge in [-0.15, -0.1) is 0 Å². The maximum atomic E-state index is 11.7. The van der Waals surface area contributed by atoms with E-state index in [1.54, 1.807) is 0 Å². The SMILES string of the molecule is NC(=O)C1C[C@@]1(NC[C@H](O)[CH]Cc1ccccc1)c1cccc(Br)c1. The van der Waals surface area contributed by atoms with Gasteiger partial charge in [0, 0.05) is 11.0 Å². The topological polar surface area (TPSA) is 75.4 Å². The van der Waals surface area contributed by atoms with Gasteiger partial charge in [-0.1, -0.05) is 58.4 Å². The van der Waals surface area contributed by atoms with Crippen LogP contribution < -0.4 is 11.1 Å². The summed E-state index contributed by atoms with van der Waals surface area (Å²) in [5.74, 6) is -0.557. The first-order valence-corrected chi connectivity index (χ1v) is 9.16. The monoisotopic (exact) mass is 401 g/mol. The van der Waals surface area contributed by atoms with Gasteiger partial charge >= 0.3 is 0 Å². The van der Waals surface area contributed by atoms with Gasteiger partial charge in [0.25, 0.3) is 0 Å². The van der Waals surface area contributed by atoms with E-state index in [4.69, 9.17) is 5.73 Å². The zero-order valence-electron chi connectivity index (χ0n) is 13.9. The molecule has 0 spiro atoms. The molecule has 0 heterocycles. The molecule has 4 N–H and O–H groups in total. The standard InChI is InChI=1S/C20H22BrN2O2/c21-16-8-4-7-15(11-16)20(12-18(20)19(22)25)23-13-17(24)10-9-14-5-2-1-3-6-14/h1-8,10-11,17-18,23-24H,9,12-13H2,(H2,22,25)/t17-,18?,20-/m1/s1. The number of nitrogens with one attached hydrogen (secondary N) is 1. The fourth-order valence-electron chi connectivity index (χ4n) is 3.25. The Morgan fingerprint density at radius 3 is 2.72 bits per heavy atom. The number of hydrogen-bond donors (Lipinski definition) is 3. The number of carbonyl (C=O) groups excluding carboxylic acids is 1. The molecule has 1 unspecified atom stereocenters. The van der Waals surface area contributed by atoms with Crippen molar-refractivity contribution in [1.29, 1.82) is 0 Å². The van der Waals surface area contributed by atoms with Crippen molar-refractivity contribution < 1.29 is 9.90 Å². The van der Waals surface area contributed by atoms with Gasteiger partial charge in [-0.2, -0.15) is 0 Å². The van der Waals surface area contributed by atoms with E-state index < -0.39 is 11.6 Å². The Kier molecular flexibility index (Phi) is 5.57. The Balaban J connectivity index is 1.61. The minimum absolute atomic E-state index is 0.247. The molecule has 3 rings (SSSR count). The number of carbonyl (C=O) groups is 1. The average molecular weight is 402 g/mol. The molecular weight excluding hydrogens is 380 g/mol. The molecular formula is C20H22BrN2O2. The van der Waals surface area contributed by atoms with Crippen LogP contribution in [-0.2, 0) is 16.8 Å². The maximum Gasteiger partial charge on any atom is 0.222 e. The quantitative estimate of drug-likeness (QED) is 0.635. The van der Waals surface area contributed by atoms with Crippen molar-refractivity contribution in [2.45, 2.75) is 24.5 Å². The minimum atomic E-state index is -0.599. The molecule has 0 aromatic heterocycles. The summed E-state index contributed by atoms with van der Waals surface area (Å²) in [6.45, 7) is 0.378. The van der Waals surface area contributed by atoms with Crippen LogP contribution in [0.25, 0.3) is 0 Å². The highest BCUT2D eigenvalue weighted by molar-refractivity contribution is 9.10. The second kappa shape index (κ2) is 7.68. The molecule has 1 aliphatic rings. The van der Waals surface area contributed by atoms with Crippen LogP contribution in [0.15, 0.2) is 59.1 Å². The number of amides is 1. The van der Waals surface area contributed by atoms with Gasteiger partial charge in [0.05, 0.1) is 17.6 Å². The third kappa shape index (κ3) is 4.29. The van der Waals surface area contributed by atoms with Crippen molar-refractivity contribution in [3.63, 3.8) is 0 Å². The van der Waals surface area contributed by atoms with Gasteiger partial charge in [-0.3, -0.25) is 4.79 Å². The molecule has 1 radical (unpaired) electrons. The summed E-state index contributed by atoms with van der Waals surface area (Å²) < 4.78 is 0.956. The number of benzene rings is 2. The van der Waals surface area contributed by atoms with Crippen LogP contribution in [0, 0.1) is 12.3 Å². The highest BCUT2D eigenvalue weighted by Gasteiger charge is 2.58. The molecule has 1 saturated carbocycles. The third-order valence-corrected chi connectivity index (χ3v) is 5.23. The average Bonchev–Trinajstić information content (AvgIpc) is 3.36. The zero-order chi connectivity index (χ0) is 17.9. The summed E-state index contributed by atoms with van der Waals surface area (Å²) in [7, 11) is 0. The number of rotatable bonds is 8. The van der Waals surface area contributed by atoms with Crippen molar-refractivity contribution in [1.82, 2.24) is 5.32 Å². The van der Waals surface area contributed by atoms with E-state index >= 15 is 0 Å². The summed E-state index contributed by atoms with van der Waals surface area (Å²) >= 11 is 3.47. The number of aliphatic hydroxyl groups is 1. The van der Waals surface area contributed by atoms with Crippen molar-refractivity contribution in [2.24, 2.45) is 11.7 Å². The van der Waals surface area contributed by atoms with Crippen LogP contribution >= 0.6 is 15.9 Å². The molecule has 0 saturated heterocycles. The van der Waals surface area contributed by atoms with Crippen LogP contribution in [0.2, 0.25) is 0 Å². The molecule has 131 valence electrons. The Bertz CT molecular complexity index is 737. The largest absolute Gasteiger partial charge is 0.391 e. The number of hydrogen-bond acceptors (Lipinski definition) is 3. The summed E-state index contributed by atoms with van der Waals surface area (Å²) in [5, 5.41) is 13.7. The molecule has 2 aromatic rings. The first-order valence-electron chi connectivity index (χ1n) is 8.37. The lowest BCUT2D eigenvalue weighted by Gasteiger charge is -2.22. The molecule has 2 aromatic carbocycles. The van der Waals surface area contributed by atoms with E-state index in [0.29, 0.717) is 19.4 Å². The Hall–Kier alpha value is -1.69. The molecule has 3 atom stereocenters. The van der Waals surface area contributed by atoms with E-state index in [9.17, 15) is 9.90 Å². The Morgan fingerprint density at radius 1 is 1.32 bits per heavy atom. The maximum absolute atomic E-state index is 11.7. The molecule has 1 aliphatic carbocycles. The van der Waals surface area contributed by atoms with Crippen molar-refractivity contribution in [3.05, 3.63) is 76.6 Å². The van der Waals surface area contributed by atoms with Crippen molar-refractivity contribution in [3.8, 4) is 0 Å². The number of aliphatic hydroxyl groups excluding tert-OH is 1. The number of nitrogens with two attached hydrogens (primary N) is 1.